The molecule has 5 nitrogen and oxygen atoms in total. The molecule has 2 heterocycles. The zero-order valence-electron chi connectivity index (χ0n) is 14.5. The Morgan fingerprint density at radius 2 is 2.00 bits per heavy atom. The lowest BCUT2D eigenvalue weighted by atomic mass is 9.81. The minimum absolute atomic E-state index is 0.354. The topological polar surface area (TPSA) is 57.0 Å². The summed E-state index contributed by atoms with van der Waals surface area (Å²) < 4.78 is 7.13. The first kappa shape index (κ1) is 15.6. The van der Waals surface area contributed by atoms with Gasteiger partial charge in [-0.15, -0.1) is 0 Å². The molecule has 2 aromatic heterocycles. The Bertz CT molecular complexity index is 755. The zero-order valence-corrected chi connectivity index (χ0v) is 14.5. The molecule has 5 heteroatoms. The molecular formula is C19H25N3O2. The van der Waals surface area contributed by atoms with Crippen LogP contribution >= 0.6 is 0 Å². The second-order valence-electron chi connectivity index (χ2n) is 7.52. The molecule has 2 aliphatic rings. The van der Waals surface area contributed by atoms with E-state index in [0.29, 0.717) is 11.6 Å². The molecule has 4 rings (SSSR count). The number of rotatable bonds is 4. The van der Waals surface area contributed by atoms with Gasteiger partial charge in [-0.05, 0) is 43.6 Å². The van der Waals surface area contributed by atoms with Gasteiger partial charge in [-0.1, -0.05) is 19.8 Å². The molecule has 0 unspecified atom stereocenters. The molecule has 0 bridgehead atoms. The van der Waals surface area contributed by atoms with E-state index in [0.717, 1.165) is 35.2 Å². The molecule has 0 aromatic carbocycles. The number of aromatic nitrogens is 3. The van der Waals surface area contributed by atoms with Crippen LogP contribution in [0.15, 0.2) is 12.3 Å². The number of carbonyl (C=O) groups excluding carboxylic acids is 1. The molecule has 0 amide bonds. The zero-order chi connectivity index (χ0) is 16.7. The number of esters is 1. The standard InChI is InChI=1S/C19H25N3O2/c1-12-3-5-13(6-4-12)9-17-21-16-10-14(19(23)24-2)11-20-18(16)22(17)15-7-8-15/h10-13,15H,3-9H2,1-2H3/t12-,13+. The van der Waals surface area contributed by atoms with Gasteiger partial charge in [0.25, 0.3) is 0 Å². The first-order valence-corrected chi connectivity index (χ1v) is 9.11. The SMILES string of the molecule is COC(=O)c1cnc2c(c1)nc(C[C@H]1CC[C@@H](C)CC1)n2C1CC1. The molecule has 0 saturated heterocycles. The largest absolute Gasteiger partial charge is 0.465 e. The summed E-state index contributed by atoms with van der Waals surface area (Å²) >= 11 is 0. The Labute approximate surface area is 142 Å². The Morgan fingerprint density at radius 1 is 1.25 bits per heavy atom. The summed E-state index contributed by atoms with van der Waals surface area (Å²) in [5.41, 5.74) is 2.22. The van der Waals surface area contributed by atoms with Gasteiger partial charge in [-0.25, -0.2) is 14.8 Å². The van der Waals surface area contributed by atoms with E-state index in [1.54, 1.807) is 6.20 Å². The fraction of sp³-hybridized carbons (Fsp3) is 0.632. The van der Waals surface area contributed by atoms with Crippen molar-refractivity contribution in [2.24, 2.45) is 11.8 Å². The fourth-order valence-electron chi connectivity index (χ4n) is 3.91. The normalized spacial score (nSPS) is 24.2. The second kappa shape index (κ2) is 6.19. The Kier molecular flexibility index (Phi) is 4.02. The van der Waals surface area contributed by atoms with Crippen molar-refractivity contribution < 1.29 is 9.53 Å². The summed E-state index contributed by atoms with van der Waals surface area (Å²) in [4.78, 5) is 21.1. The third kappa shape index (κ3) is 2.92. The van der Waals surface area contributed by atoms with Crippen LogP contribution in [0.1, 0.15) is 67.7 Å². The third-order valence-corrected chi connectivity index (χ3v) is 5.54. The maximum Gasteiger partial charge on any atom is 0.339 e. The lowest BCUT2D eigenvalue weighted by molar-refractivity contribution is 0.0600. The average Bonchev–Trinajstić information content (AvgIpc) is 3.37. The summed E-state index contributed by atoms with van der Waals surface area (Å²) in [6, 6.07) is 2.36. The van der Waals surface area contributed by atoms with Gasteiger partial charge in [0, 0.05) is 18.7 Å². The van der Waals surface area contributed by atoms with Crippen molar-refractivity contribution in [1.29, 1.82) is 0 Å². The number of hydrogen-bond acceptors (Lipinski definition) is 4. The highest BCUT2D eigenvalue weighted by molar-refractivity contribution is 5.92. The molecule has 128 valence electrons. The molecule has 0 N–H and O–H groups in total. The number of hydrogen-bond donors (Lipinski definition) is 0. The lowest BCUT2D eigenvalue weighted by Crippen LogP contribution is -2.16. The number of imidazole rings is 1. The first-order valence-electron chi connectivity index (χ1n) is 9.11. The van der Waals surface area contributed by atoms with Crippen LogP contribution in [0, 0.1) is 11.8 Å². The maximum atomic E-state index is 11.7. The summed E-state index contributed by atoms with van der Waals surface area (Å²) in [6.07, 6.45) is 10.3. The van der Waals surface area contributed by atoms with Gasteiger partial charge >= 0.3 is 5.97 Å². The number of fused-ring (bicyclic) bond motifs is 1. The number of methoxy groups -OCH3 is 1. The Morgan fingerprint density at radius 3 is 2.67 bits per heavy atom. The predicted octanol–water partition coefficient (Wildman–Crippen LogP) is 3.92. The molecule has 0 aliphatic heterocycles. The van der Waals surface area contributed by atoms with E-state index < -0.39 is 0 Å². The Balaban J connectivity index is 1.66. The van der Waals surface area contributed by atoms with Crippen LogP contribution in [0.5, 0.6) is 0 Å². The third-order valence-electron chi connectivity index (χ3n) is 5.54. The molecular weight excluding hydrogens is 302 g/mol. The fourth-order valence-corrected chi connectivity index (χ4v) is 3.91. The van der Waals surface area contributed by atoms with Crippen molar-refractivity contribution >= 4 is 17.1 Å². The first-order chi connectivity index (χ1) is 11.7. The van der Waals surface area contributed by atoms with E-state index in [4.69, 9.17) is 9.72 Å². The highest BCUT2D eigenvalue weighted by Gasteiger charge is 2.30. The highest BCUT2D eigenvalue weighted by Crippen LogP contribution is 2.39. The van der Waals surface area contributed by atoms with Gasteiger partial charge in [0.1, 0.15) is 11.3 Å². The number of nitrogens with zero attached hydrogens (tertiary/aromatic N) is 3. The van der Waals surface area contributed by atoms with Gasteiger partial charge in [0.05, 0.1) is 12.7 Å². The number of pyridine rings is 1. The van der Waals surface area contributed by atoms with Gasteiger partial charge in [0.15, 0.2) is 5.65 Å². The van der Waals surface area contributed by atoms with Crippen LogP contribution in [-0.2, 0) is 11.2 Å². The number of ether oxygens (including phenoxy) is 1. The van der Waals surface area contributed by atoms with Gasteiger partial charge in [-0.3, -0.25) is 0 Å². The minimum Gasteiger partial charge on any atom is -0.465 e. The molecule has 0 radical (unpaired) electrons. The van der Waals surface area contributed by atoms with E-state index in [9.17, 15) is 4.79 Å². The van der Waals surface area contributed by atoms with Crippen molar-refractivity contribution in [1.82, 2.24) is 14.5 Å². The van der Waals surface area contributed by atoms with Crippen molar-refractivity contribution in [3.63, 3.8) is 0 Å². The molecule has 24 heavy (non-hydrogen) atoms. The molecule has 0 spiro atoms. The van der Waals surface area contributed by atoms with Crippen LogP contribution in [-0.4, -0.2) is 27.6 Å². The Hall–Kier alpha value is -1.91. The van der Waals surface area contributed by atoms with Gasteiger partial charge in [0.2, 0.25) is 0 Å². The number of carbonyl (C=O) groups is 1. The molecule has 2 saturated carbocycles. The van der Waals surface area contributed by atoms with E-state index in [1.807, 2.05) is 6.07 Å². The van der Waals surface area contributed by atoms with Crippen LogP contribution in [0.25, 0.3) is 11.2 Å². The minimum atomic E-state index is -0.354. The van der Waals surface area contributed by atoms with E-state index in [1.165, 1.54) is 45.6 Å². The van der Waals surface area contributed by atoms with E-state index in [2.05, 4.69) is 16.5 Å². The van der Waals surface area contributed by atoms with Crippen LogP contribution in [0.3, 0.4) is 0 Å². The quantitative estimate of drug-likeness (QED) is 0.799. The van der Waals surface area contributed by atoms with Crippen LogP contribution < -0.4 is 0 Å². The van der Waals surface area contributed by atoms with Crippen molar-refractivity contribution in [3.8, 4) is 0 Å². The lowest BCUT2D eigenvalue weighted by Gasteiger charge is -2.26. The molecule has 0 atom stereocenters. The van der Waals surface area contributed by atoms with Crippen molar-refractivity contribution in [2.45, 2.75) is 57.9 Å². The molecule has 2 aromatic rings. The predicted molar refractivity (Wildman–Crippen MR) is 92.0 cm³/mol. The smallest absolute Gasteiger partial charge is 0.339 e. The van der Waals surface area contributed by atoms with E-state index in [-0.39, 0.29) is 5.97 Å². The molecule has 2 fully saturated rings. The van der Waals surface area contributed by atoms with Gasteiger partial charge in [-0.2, -0.15) is 0 Å². The average molecular weight is 327 g/mol. The monoisotopic (exact) mass is 327 g/mol. The summed E-state index contributed by atoms with van der Waals surface area (Å²) in [5, 5.41) is 0. The van der Waals surface area contributed by atoms with Crippen LogP contribution in [0.4, 0.5) is 0 Å². The maximum absolute atomic E-state index is 11.7. The molecule has 2 aliphatic carbocycles. The van der Waals surface area contributed by atoms with E-state index >= 15 is 0 Å². The van der Waals surface area contributed by atoms with Crippen molar-refractivity contribution in [2.75, 3.05) is 7.11 Å². The summed E-state index contributed by atoms with van der Waals surface area (Å²) in [7, 11) is 1.39. The summed E-state index contributed by atoms with van der Waals surface area (Å²) in [6.45, 7) is 2.36. The van der Waals surface area contributed by atoms with Crippen molar-refractivity contribution in [3.05, 3.63) is 23.7 Å². The highest BCUT2D eigenvalue weighted by atomic mass is 16.5. The van der Waals surface area contributed by atoms with Crippen LogP contribution in [0.2, 0.25) is 0 Å². The summed E-state index contributed by atoms with van der Waals surface area (Å²) in [5.74, 6) is 2.40. The second-order valence-corrected chi connectivity index (χ2v) is 7.52. The van der Waals surface area contributed by atoms with Gasteiger partial charge < -0.3 is 9.30 Å².